The predicted octanol–water partition coefficient (Wildman–Crippen LogP) is -0.790. The van der Waals surface area contributed by atoms with Crippen molar-refractivity contribution >= 4 is 0 Å². The Hall–Kier alpha value is -1.44. The lowest BCUT2D eigenvalue weighted by Gasteiger charge is -1.62. The summed E-state index contributed by atoms with van der Waals surface area (Å²) < 4.78 is 0. The first kappa shape index (κ1) is 9.75. The molecule has 8 nitrogen and oxygen atoms in total. The zero-order valence-corrected chi connectivity index (χ0v) is 3.55. The van der Waals surface area contributed by atoms with Gasteiger partial charge in [0.2, 0.25) is 0 Å². The van der Waals surface area contributed by atoms with Crippen LogP contribution in [-0.2, 0) is 4.94 Å². The van der Waals surface area contributed by atoms with Crippen LogP contribution in [0.2, 0.25) is 0 Å². The molecule has 0 spiro atoms. The van der Waals surface area contributed by atoms with E-state index in [2.05, 4.69) is 10.8 Å². The molecule has 0 aromatic carbocycles. The third kappa shape index (κ3) is 299. The summed E-state index contributed by atoms with van der Waals surface area (Å²) in [6.45, 7) is 0. The Morgan fingerprint density at radius 3 is 2.00 bits per heavy atom. The van der Waals surface area contributed by atoms with Crippen LogP contribution in [0.5, 0.6) is 0 Å². The maximum absolute atomic E-state index is 8.58. The molecule has 0 aliphatic carbocycles. The highest BCUT2D eigenvalue weighted by molar-refractivity contribution is 3.88. The van der Waals surface area contributed by atoms with Crippen LogP contribution in [0.3, 0.4) is 0 Å². The molecule has 0 radical (unpaired) electrons. The van der Waals surface area contributed by atoms with Crippen molar-refractivity contribution in [1.82, 2.24) is 0 Å². The quantitative estimate of drug-likeness (QED) is 0.268. The highest BCUT2D eigenvalue weighted by atomic mass is 16.9. The topological polar surface area (TPSA) is 128 Å². The molecule has 0 atom stereocenters. The van der Waals surface area contributed by atoms with Gasteiger partial charge in [0.25, 0.3) is 5.09 Å². The standard InChI is InChI=1S/H2N2O2.HNO3/c1-4-2-3;2-1(3)4/h1H2;(H,2,3,4). The largest absolute Gasteiger partial charge is 0.328 e. The van der Waals surface area contributed by atoms with Crippen molar-refractivity contribution in [3.63, 3.8) is 0 Å². The number of rotatable bonds is 1. The second kappa shape index (κ2) is 9.12. The molecule has 0 bridgehead atoms. The second-order valence-corrected chi connectivity index (χ2v) is 0.418. The van der Waals surface area contributed by atoms with Gasteiger partial charge in [0, 0.05) is 0 Å². The Morgan fingerprint density at radius 1 is 1.88 bits per heavy atom. The van der Waals surface area contributed by atoms with Crippen LogP contribution in [0.25, 0.3) is 0 Å². The molecule has 0 heterocycles. The van der Waals surface area contributed by atoms with Gasteiger partial charge in [-0.05, 0) is 0 Å². The average Bonchev–Trinajstić information content (AvgIpc) is 1.65. The molecule has 0 unspecified atom stereocenters. The zero-order valence-electron chi connectivity index (χ0n) is 3.55. The summed E-state index contributed by atoms with van der Waals surface area (Å²) in [4.78, 5) is 20.0. The maximum atomic E-state index is 8.58. The van der Waals surface area contributed by atoms with Crippen molar-refractivity contribution in [1.29, 1.82) is 0 Å². The average molecular weight is 125 g/mol. The monoisotopic (exact) mass is 125 g/mol. The second-order valence-electron chi connectivity index (χ2n) is 0.418. The summed E-state index contributed by atoms with van der Waals surface area (Å²) in [6.07, 6.45) is 0. The van der Waals surface area contributed by atoms with Crippen LogP contribution in [0.4, 0.5) is 0 Å². The van der Waals surface area contributed by atoms with Gasteiger partial charge in [-0.2, -0.15) is 0 Å². The predicted molar refractivity (Wildman–Crippen MR) is 19.8 cm³/mol. The zero-order chi connectivity index (χ0) is 6.99. The van der Waals surface area contributed by atoms with Crippen LogP contribution in [0.1, 0.15) is 0 Å². The Kier molecular flexibility index (Phi) is 11.1. The number of nitrogens with zero attached hydrogens (tertiary/aromatic N) is 2. The molecule has 8 heavy (non-hydrogen) atoms. The number of hydrogen-bond acceptors (Lipinski definition) is 6. The minimum absolute atomic E-state index is 1.50. The van der Waals surface area contributed by atoms with Crippen LogP contribution in [-0.4, -0.2) is 10.3 Å². The Labute approximate surface area is 42.8 Å². The number of hydrogen-bond donors (Lipinski definition) is 2. The third-order valence-electron chi connectivity index (χ3n) is 0.0430. The molecule has 8 heteroatoms. The van der Waals surface area contributed by atoms with E-state index in [-0.39, 0.29) is 0 Å². The summed E-state index contributed by atoms with van der Waals surface area (Å²) >= 11 is 0. The Morgan fingerprint density at radius 2 is 2.00 bits per heavy atom. The Bertz CT molecular complexity index is 64.1. The van der Waals surface area contributed by atoms with Crippen LogP contribution in [0, 0.1) is 15.0 Å². The fraction of sp³-hybridized carbons (Fsp3) is 0. The maximum Gasteiger partial charge on any atom is 0.291 e. The molecule has 48 valence electrons. The fourth-order valence-electron chi connectivity index (χ4n) is 0. The van der Waals surface area contributed by atoms with E-state index < -0.39 is 5.09 Å². The van der Waals surface area contributed by atoms with Gasteiger partial charge in [-0.15, -0.1) is 20.9 Å². The van der Waals surface area contributed by atoms with E-state index >= 15 is 0 Å². The Balaban J connectivity index is 0. The van der Waals surface area contributed by atoms with Gasteiger partial charge >= 0.3 is 0 Å². The summed E-state index contributed by atoms with van der Waals surface area (Å²) in [5.41, 5.74) is 0. The van der Waals surface area contributed by atoms with Gasteiger partial charge in [0.15, 0.2) is 5.34 Å². The van der Waals surface area contributed by atoms with E-state index in [9.17, 15) is 0 Å². The first-order chi connectivity index (χ1) is 3.65. The van der Waals surface area contributed by atoms with Crippen molar-refractivity contribution in [3.05, 3.63) is 15.0 Å². The van der Waals surface area contributed by atoms with Crippen molar-refractivity contribution in [2.75, 3.05) is 0 Å². The molecule has 0 saturated carbocycles. The van der Waals surface area contributed by atoms with E-state index in [1.54, 1.807) is 5.34 Å². The van der Waals surface area contributed by atoms with Crippen molar-refractivity contribution in [2.24, 2.45) is 11.2 Å². The van der Waals surface area contributed by atoms with Gasteiger partial charge in [-0.3, -0.25) is 4.94 Å². The van der Waals surface area contributed by atoms with Gasteiger partial charge in [0.1, 0.15) is 0 Å². The molecule has 0 rings (SSSR count). The van der Waals surface area contributed by atoms with Crippen LogP contribution >= 0.6 is 0 Å². The molecule has 0 aliphatic heterocycles. The lowest BCUT2D eigenvalue weighted by Crippen LogP contribution is -1.85. The first-order valence-electron chi connectivity index (χ1n) is 1.17. The molecule has 0 aromatic heterocycles. The molecular formula is H3N3O5. The van der Waals surface area contributed by atoms with Crippen molar-refractivity contribution in [2.45, 2.75) is 0 Å². The highest BCUT2D eigenvalue weighted by Crippen LogP contribution is 1.44. The van der Waals surface area contributed by atoms with E-state index in [0.29, 0.717) is 0 Å². The van der Waals surface area contributed by atoms with E-state index in [1.807, 2.05) is 0 Å². The molecule has 0 amide bonds. The van der Waals surface area contributed by atoms with E-state index in [0.717, 1.165) is 0 Å². The lowest BCUT2D eigenvalue weighted by molar-refractivity contribution is -0.742. The van der Waals surface area contributed by atoms with Crippen LogP contribution in [0.15, 0.2) is 5.34 Å². The minimum atomic E-state index is -1.50. The first-order valence-corrected chi connectivity index (χ1v) is 1.17. The van der Waals surface area contributed by atoms with Gasteiger partial charge in [0.05, 0.1) is 0 Å². The van der Waals surface area contributed by atoms with E-state index in [4.69, 9.17) is 20.2 Å². The third-order valence-corrected chi connectivity index (χ3v) is 0.0430. The number of nitrogens with two attached hydrogens (primary N) is 1. The van der Waals surface area contributed by atoms with Crippen molar-refractivity contribution in [3.8, 4) is 0 Å². The molecule has 0 aliphatic rings. The normalized spacial score (nSPS) is 5.62. The molecule has 0 aromatic rings. The summed E-state index contributed by atoms with van der Waals surface area (Å²) in [5.74, 6) is 4.05. The van der Waals surface area contributed by atoms with Gasteiger partial charge in [-0.1, -0.05) is 0 Å². The molecule has 0 fully saturated rings. The molecule has 0 saturated heterocycles. The fourth-order valence-corrected chi connectivity index (χ4v) is 0. The van der Waals surface area contributed by atoms with E-state index in [1.165, 1.54) is 0 Å². The van der Waals surface area contributed by atoms with Gasteiger partial charge in [-0.25, -0.2) is 0 Å². The molecule has 3 N–H and O–H groups in total. The summed E-state index contributed by atoms with van der Waals surface area (Å²) in [5, 5.41) is 15.4. The smallest absolute Gasteiger partial charge is 0.291 e. The molecular weight excluding hydrogens is 122 g/mol. The SMILES string of the molecule is NON=O.O=[N+]([O-])O. The summed E-state index contributed by atoms with van der Waals surface area (Å²) in [6, 6.07) is 0. The minimum Gasteiger partial charge on any atom is -0.328 e. The lowest BCUT2D eigenvalue weighted by atomic mass is 13.1. The van der Waals surface area contributed by atoms with Crippen molar-refractivity contribution < 1.29 is 15.2 Å². The van der Waals surface area contributed by atoms with Gasteiger partial charge < -0.3 is 5.21 Å². The van der Waals surface area contributed by atoms with Crippen LogP contribution < -0.4 is 5.90 Å². The highest BCUT2D eigenvalue weighted by Gasteiger charge is 1.65. The summed E-state index contributed by atoms with van der Waals surface area (Å²) in [7, 11) is 0.